The van der Waals surface area contributed by atoms with Crippen LogP contribution in [-0.2, 0) is 0 Å². The van der Waals surface area contributed by atoms with Crippen LogP contribution in [0.2, 0.25) is 0 Å². The van der Waals surface area contributed by atoms with Gasteiger partial charge in [0.15, 0.2) is 17.2 Å². The molecule has 0 bridgehead atoms. The Hall–Kier alpha value is -2.74. The molecular formula is C23H22INO4. The number of carbonyl (C=O) groups excluding carboxylic acids is 1. The highest BCUT2D eigenvalue weighted by Gasteiger charge is 2.17. The number of hydrogen-bond acceptors (Lipinski definition) is 4. The van der Waals surface area contributed by atoms with E-state index >= 15 is 0 Å². The second-order valence-electron chi connectivity index (χ2n) is 6.02. The van der Waals surface area contributed by atoms with Crippen molar-refractivity contribution in [1.82, 2.24) is 0 Å². The molecule has 6 heteroatoms. The Morgan fingerprint density at radius 2 is 1.59 bits per heavy atom. The van der Waals surface area contributed by atoms with E-state index in [1.54, 1.807) is 18.2 Å². The third kappa shape index (κ3) is 5.41. The summed E-state index contributed by atoms with van der Waals surface area (Å²) < 4.78 is 18.1. The van der Waals surface area contributed by atoms with Gasteiger partial charge in [-0.25, -0.2) is 0 Å². The van der Waals surface area contributed by atoms with Crippen LogP contribution in [0.15, 0.2) is 66.7 Å². The molecule has 150 valence electrons. The van der Waals surface area contributed by atoms with Crippen LogP contribution in [0.5, 0.6) is 23.0 Å². The molecule has 5 nitrogen and oxygen atoms in total. The first-order chi connectivity index (χ1) is 14.1. The second kappa shape index (κ2) is 10.2. The van der Waals surface area contributed by atoms with Crippen LogP contribution in [0.25, 0.3) is 0 Å². The summed E-state index contributed by atoms with van der Waals surface area (Å²) in [6.07, 6.45) is 0. The lowest BCUT2D eigenvalue weighted by Gasteiger charge is -2.15. The number of nitrogens with one attached hydrogen (secondary N) is 1. The van der Waals surface area contributed by atoms with Crippen molar-refractivity contribution in [1.29, 1.82) is 0 Å². The van der Waals surface area contributed by atoms with Gasteiger partial charge in [0.05, 0.1) is 22.5 Å². The fourth-order valence-electron chi connectivity index (χ4n) is 2.72. The van der Waals surface area contributed by atoms with E-state index in [1.165, 1.54) is 0 Å². The Kier molecular flexibility index (Phi) is 7.35. The van der Waals surface area contributed by atoms with Gasteiger partial charge >= 0.3 is 0 Å². The average Bonchev–Trinajstić information content (AvgIpc) is 2.72. The van der Waals surface area contributed by atoms with Crippen LogP contribution in [0.3, 0.4) is 0 Å². The molecule has 0 radical (unpaired) electrons. The van der Waals surface area contributed by atoms with E-state index in [0.29, 0.717) is 47.5 Å². The van der Waals surface area contributed by atoms with Gasteiger partial charge in [0, 0.05) is 5.56 Å². The Labute approximate surface area is 184 Å². The van der Waals surface area contributed by atoms with Gasteiger partial charge in [0.25, 0.3) is 5.91 Å². The summed E-state index contributed by atoms with van der Waals surface area (Å²) in [5, 5.41) is 2.93. The average molecular weight is 503 g/mol. The fourth-order valence-corrected chi connectivity index (χ4v) is 3.47. The van der Waals surface area contributed by atoms with Crippen molar-refractivity contribution >= 4 is 34.2 Å². The number of carbonyl (C=O) groups is 1. The van der Waals surface area contributed by atoms with Crippen molar-refractivity contribution in [2.75, 3.05) is 18.5 Å². The van der Waals surface area contributed by atoms with Crippen LogP contribution in [0.4, 0.5) is 5.69 Å². The highest BCUT2D eigenvalue weighted by atomic mass is 127. The van der Waals surface area contributed by atoms with Crippen LogP contribution in [-0.4, -0.2) is 19.1 Å². The molecule has 0 saturated heterocycles. The number of ether oxygens (including phenoxy) is 3. The largest absolute Gasteiger partial charge is 0.490 e. The van der Waals surface area contributed by atoms with Crippen molar-refractivity contribution in [3.8, 4) is 23.0 Å². The Balaban J connectivity index is 1.85. The Morgan fingerprint density at radius 3 is 2.31 bits per heavy atom. The van der Waals surface area contributed by atoms with Crippen molar-refractivity contribution in [3.63, 3.8) is 0 Å². The predicted octanol–water partition coefficient (Wildman–Crippen LogP) is 6.13. The van der Waals surface area contributed by atoms with Gasteiger partial charge in [-0.1, -0.05) is 30.3 Å². The summed E-state index contributed by atoms with van der Waals surface area (Å²) in [6.45, 7) is 4.81. The number of hydrogen-bond donors (Lipinski definition) is 1. The number of amides is 1. The molecule has 1 N–H and O–H groups in total. The summed E-state index contributed by atoms with van der Waals surface area (Å²) in [5.74, 6) is 2.22. The molecule has 0 atom stereocenters. The van der Waals surface area contributed by atoms with Crippen molar-refractivity contribution in [2.45, 2.75) is 13.8 Å². The van der Waals surface area contributed by atoms with Gasteiger partial charge in [-0.2, -0.15) is 0 Å². The molecule has 0 saturated carbocycles. The molecule has 0 aromatic heterocycles. The maximum atomic E-state index is 12.9. The van der Waals surface area contributed by atoms with E-state index < -0.39 is 0 Å². The van der Waals surface area contributed by atoms with E-state index in [9.17, 15) is 4.79 Å². The third-order valence-corrected chi connectivity index (χ3v) is 4.77. The van der Waals surface area contributed by atoms with E-state index in [0.717, 1.165) is 3.57 Å². The lowest BCUT2D eigenvalue weighted by molar-refractivity contribution is 0.102. The minimum Gasteiger partial charge on any atom is -0.490 e. The molecule has 0 spiro atoms. The van der Waals surface area contributed by atoms with Crippen molar-refractivity contribution in [2.24, 2.45) is 0 Å². The minimum absolute atomic E-state index is 0.254. The molecule has 0 heterocycles. The fraction of sp³-hybridized carbons (Fsp3) is 0.174. The number of benzene rings is 3. The summed E-state index contributed by atoms with van der Waals surface area (Å²) >= 11 is 2.15. The summed E-state index contributed by atoms with van der Waals surface area (Å²) in [6, 6.07) is 20.3. The molecule has 29 heavy (non-hydrogen) atoms. The highest BCUT2D eigenvalue weighted by molar-refractivity contribution is 14.1. The van der Waals surface area contributed by atoms with Crippen molar-refractivity contribution in [3.05, 3.63) is 75.9 Å². The number of rotatable bonds is 8. The van der Waals surface area contributed by atoms with Gasteiger partial charge in [0.1, 0.15) is 5.75 Å². The lowest BCUT2D eigenvalue weighted by Crippen LogP contribution is -2.13. The minimum atomic E-state index is -0.254. The SMILES string of the molecule is CCOc1cc(C(=O)Nc2ccccc2Oc2ccccc2)cc(I)c1OCC. The third-order valence-electron chi connectivity index (χ3n) is 3.97. The zero-order valence-corrected chi connectivity index (χ0v) is 18.4. The first-order valence-corrected chi connectivity index (χ1v) is 10.4. The molecular weight excluding hydrogens is 481 g/mol. The van der Waals surface area contributed by atoms with E-state index in [2.05, 4.69) is 27.9 Å². The number of para-hydroxylation sites is 3. The lowest BCUT2D eigenvalue weighted by atomic mass is 10.1. The van der Waals surface area contributed by atoms with Crippen LogP contribution >= 0.6 is 22.6 Å². The normalized spacial score (nSPS) is 10.3. The quantitative estimate of drug-likeness (QED) is 0.376. The van der Waals surface area contributed by atoms with Gasteiger partial charge in [-0.05, 0) is 72.8 Å². The predicted molar refractivity (Wildman–Crippen MR) is 122 cm³/mol. The standard InChI is InChI=1S/C23H22INO4/c1-3-27-21-15-16(14-18(24)22(21)28-4-2)23(26)25-19-12-8-9-13-20(19)29-17-10-6-5-7-11-17/h5-15H,3-4H2,1-2H3,(H,25,26). The summed E-state index contributed by atoms with van der Waals surface area (Å²) in [5.41, 5.74) is 1.07. The smallest absolute Gasteiger partial charge is 0.255 e. The molecule has 0 aliphatic carbocycles. The van der Waals surface area contributed by atoms with Gasteiger partial charge < -0.3 is 19.5 Å². The van der Waals surface area contributed by atoms with Crippen LogP contribution < -0.4 is 19.5 Å². The molecule has 0 aliphatic rings. The van der Waals surface area contributed by atoms with Gasteiger partial charge in [-0.3, -0.25) is 4.79 Å². The molecule has 1 amide bonds. The van der Waals surface area contributed by atoms with Gasteiger partial charge in [0.2, 0.25) is 0 Å². The Morgan fingerprint density at radius 1 is 0.897 bits per heavy atom. The van der Waals surface area contributed by atoms with Crippen LogP contribution in [0, 0.1) is 3.57 Å². The molecule has 3 rings (SSSR count). The Bertz CT molecular complexity index is 976. The number of halogens is 1. The van der Waals surface area contributed by atoms with Gasteiger partial charge in [-0.15, -0.1) is 0 Å². The second-order valence-corrected chi connectivity index (χ2v) is 7.18. The maximum Gasteiger partial charge on any atom is 0.255 e. The highest BCUT2D eigenvalue weighted by Crippen LogP contribution is 2.35. The number of anilines is 1. The van der Waals surface area contributed by atoms with Crippen molar-refractivity contribution < 1.29 is 19.0 Å². The molecule has 0 fully saturated rings. The molecule has 0 aliphatic heterocycles. The first-order valence-electron chi connectivity index (χ1n) is 9.34. The zero-order valence-electron chi connectivity index (χ0n) is 16.3. The zero-order chi connectivity index (χ0) is 20.6. The maximum absolute atomic E-state index is 12.9. The molecule has 3 aromatic carbocycles. The topological polar surface area (TPSA) is 56.8 Å². The molecule has 0 unspecified atom stereocenters. The summed E-state index contributed by atoms with van der Waals surface area (Å²) in [7, 11) is 0. The monoisotopic (exact) mass is 503 g/mol. The van der Waals surface area contributed by atoms with E-state index in [1.807, 2.05) is 62.4 Å². The van der Waals surface area contributed by atoms with Crippen LogP contribution in [0.1, 0.15) is 24.2 Å². The molecule has 3 aromatic rings. The first kappa shape index (κ1) is 21.0. The van der Waals surface area contributed by atoms with E-state index in [4.69, 9.17) is 14.2 Å². The van der Waals surface area contributed by atoms with E-state index in [-0.39, 0.29) is 5.91 Å². The summed E-state index contributed by atoms with van der Waals surface area (Å²) in [4.78, 5) is 12.9.